The zero-order valence-corrected chi connectivity index (χ0v) is 13.1. The van der Waals surface area contributed by atoms with Gasteiger partial charge in [-0.1, -0.05) is 36.4 Å². The first-order valence-electron chi connectivity index (χ1n) is 7.02. The van der Waals surface area contributed by atoms with E-state index in [9.17, 15) is 17.6 Å². The van der Waals surface area contributed by atoms with Crippen LogP contribution >= 0.6 is 0 Å². The predicted octanol–water partition coefficient (Wildman–Crippen LogP) is 1.93. The third-order valence-corrected chi connectivity index (χ3v) is 4.43. The van der Waals surface area contributed by atoms with Crippen LogP contribution in [-0.4, -0.2) is 26.6 Å². The van der Waals surface area contributed by atoms with Crippen molar-refractivity contribution in [2.45, 2.75) is 6.42 Å². The van der Waals surface area contributed by atoms with Crippen molar-refractivity contribution >= 4 is 21.6 Å². The zero-order valence-electron chi connectivity index (χ0n) is 12.3. The third-order valence-electron chi connectivity index (χ3n) is 3.11. The smallest absolute Gasteiger partial charge is 0.239 e. The third kappa shape index (κ3) is 5.80. The summed E-state index contributed by atoms with van der Waals surface area (Å²) in [5, 5.41) is 2.57. The van der Waals surface area contributed by atoms with Gasteiger partial charge in [-0.05, 0) is 30.2 Å². The Labute approximate surface area is 134 Å². The highest BCUT2D eigenvalue weighted by atomic mass is 32.2. The van der Waals surface area contributed by atoms with Gasteiger partial charge in [-0.25, -0.2) is 17.5 Å². The second-order valence-corrected chi connectivity index (χ2v) is 6.82. The first kappa shape index (κ1) is 17.1. The lowest BCUT2D eigenvalue weighted by molar-refractivity contribution is -0.115. The fourth-order valence-electron chi connectivity index (χ4n) is 1.92. The molecule has 0 unspecified atom stereocenters. The molecule has 122 valence electrons. The molecule has 0 aliphatic rings. The van der Waals surface area contributed by atoms with Crippen molar-refractivity contribution in [2.75, 3.05) is 17.6 Å². The highest BCUT2D eigenvalue weighted by Crippen LogP contribution is 2.08. The second kappa shape index (κ2) is 7.85. The van der Waals surface area contributed by atoms with E-state index < -0.39 is 21.7 Å². The van der Waals surface area contributed by atoms with Crippen LogP contribution in [0, 0.1) is 5.82 Å². The molecule has 0 heterocycles. The Balaban J connectivity index is 1.82. The summed E-state index contributed by atoms with van der Waals surface area (Å²) in [7, 11) is -3.66. The van der Waals surface area contributed by atoms with E-state index in [1.165, 1.54) is 12.1 Å². The fraction of sp³-hybridized carbons (Fsp3) is 0.188. The Hall–Kier alpha value is -2.25. The summed E-state index contributed by atoms with van der Waals surface area (Å²) in [6.07, 6.45) is 0.0440. The van der Waals surface area contributed by atoms with E-state index in [4.69, 9.17) is 0 Å². The lowest BCUT2D eigenvalue weighted by Crippen LogP contribution is -2.34. The first-order chi connectivity index (χ1) is 11.0. The molecule has 0 saturated carbocycles. The van der Waals surface area contributed by atoms with E-state index in [0.29, 0.717) is 11.3 Å². The Morgan fingerprint density at radius 3 is 2.35 bits per heavy atom. The summed E-state index contributed by atoms with van der Waals surface area (Å²) in [5.74, 6) is -1.19. The number of carbonyl (C=O) groups excluding carboxylic acids is 1. The monoisotopic (exact) mass is 336 g/mol. The number of nitrogens with one attached hydrogen (secondary N) is 2. The Kier molecular flexibility index (Phi) is 5.84. The summed E-state index contributed by atoms with van der Waals surface area (Å²) in [6.45, 7) is -0.367. The van der Waals surface area contributed by atoms with Crippen LogP contribution in [0.1, 0.15) is 5.56 Å². The highest BCUT2D eigenvalue weighted by molar-refractivity contribution is 7.89. The first-order valence-corrected chi connectivity index (χ1v) is 8.67. The number of halogens is 1. The van der Waals surface area contributed by atoms with Gasteiger partial charge in [0.1, 0.15) is 5.82 Å². The summed E-state index contributed by atoms with van der Waals surface area (Å²) in [5.41, 5.74) is 0.912. The molecule has 0 aliphatic carbocycles. The van der Waals surface area contributed by atoms with Crippen LogP contribution < -0.4 is 10.0 Å². The standard InChI is InChI=1S/C16H17FN2O3S/c17-15-9-5-4-6-13(15)10-11-23(21,22)18-12-16(20)19-14-7-2-1-3-8-14/h1-9,18H,10-12H2,(H,19,20). The topological polar surface area (TPSA) is 75.3 Å². The van der Waals surface area contributed by atoms with Crippen molar-refractivity contribution in [2.24, 2.45) is 0 Å². The molecule has 2 N–H and O–H groups in total. The minimum absolute atomic E-state index is 0.0440. The molecule has 0 aromatic heterocycles. The molecule has 0 spiro atoms. The number of benzene rings is 2. The predicted molar refractivity (Wildman–Crippen MR) is 87.0 cm³/mol. The molecule has 5 nitrogen and oxygen atoms in total. The van der Waals surface area contributed by atoms with Crippen LogP contribution in [0.15, 0.2) is 54.6 Å². The Morgan fingerprint density at radius 1 is 1.00 bits per heavy atom. The number of aryl methyl sites for hydroxylation is 1. The van der Waals surface area contributed by atoms with Gasteiger partial charge in [-0.2, -0.15) is 0 Å². The van der Waals surface area contributed by atoms with Crippen molar-refractivity contribution in [3.05, 3.63) is 66.0 Å². The highest BCUT2D eigenvalue weighted by Gasteiger charge is 2.14. The number of hydrogen-bond acceptors (Lipinski definition) is 3. The molecule has 0 aliphatic heterocycles. The average molecular weight is 336 g/mol. The number of hydrogen-bond donors (Lipinski definition) is 2. The van der Waals surface area contributed by atoms with E-state index in [-0.39, 0.29) is 18.7 Å². The number of para-hydroxylation sites is 1. The molecule has 7 heteroatoms. The molecular weight excluding hydrogens is 319 g/mol. The molecule has 0 bridgehead atoms. The maximum Gasteiger partial charge on any atom is 0.239 e. The lowest BCUT2D eigenvalue weighted by Gasteiger charge is -2.08. The molecule has 2 rings (SSSR count). The summed E-state index contributed by atoms with van der Waals surface area (Å²) >= 11 is 0. The normalized spacial score (nSPS) is 11.2. The number of sulfonamides is 1. The molecule has 0 radical (unpaired) electrons. The van der Waals surface area contributed by atoms with Crippen molar-refractivity contribution < 1.29 is 17.6 Å². The number of amides is 1. The van der Waals surface area contributed by atoms with Crippen LogP contribution in [0.3, 0.4) is 0 Å². The Bertz CT molecular complexity index is 764. The number of anilines is 1. The minimum atomic E-state index is -3.66. The molecule has 0 fully saturated rings. The van der Waals surface area contributed by atoms with Gasteiger partial charge < -0.3 is 5.32 Å². The van der Waals surface area contributed by atoms with E-state index in [0.717, 1.165) is 0 Å². The molecule has 0 atom stereocenters. The molecule has 0 saturated heterocycles. The molecule has 23 heavy (non-hydrogen) atoms. The van der Waals surface area contributed by atoms with Gasteiger partial charge in [0, 0.05) is 5.69 Å². The quantitative estimate of drug-likeness (QED) is 0.811. The van der Waals surface area contributed by atoms with Crippen LogP contribution in [-0.2, 0) is 21.2 Å². The SMILES string of the molecule is O=C(CNS(=O)(=O)CCc1ccccc1F)Nc1ccccc1. The zero-order chi connectivity index (χ0) is 16.7. The van der Waals surface area contributed by atoms with Gasteiger partial charge in [-0.3, -0.25) is 4.79 Å². The van der Waals surface area contributed by atoms with E-state index in [2.05, 4.69) is 10.0 Å². The van der Waals surface area contributed by atoms with Crippen molar-refractivity contribution in [1.29, 1.82) is 0 Å². The maximum atomic E-state index is 13.4. The second-order valence-electron chi connectivity index (χ2n) is 4.90. The van der Waals surface area contributed by atoms with Crippen LogP contribution in [0.5, 0.6) is 0 Å². The van der Waals surface area contributed by atoms with Crippen LogP contribution in [0.4, 0.5) is 10.1 Å². The van der Waals surface area contributed by atoms with Gasteiger partial charge in [0.15, 0.2) is 0 Å². The van der Waals surface area contributed by atoms with Crippen LogP contribution in [0.2, 0.25) is 0 Å². The van der Waals surface area contributed by atoms with Crippen molar-refractivity contribution in [3.63, 3.8) is 0 Å². The summed E-state index contributed by atoms with van der Waals surface area (Å²) in [4.78, 5) is 11.7. The largest absolute Gasteiger partial charge is 0.325 e. The summed E-state index contributed by atoms with van der Waals surface area (Å²) < 4.78 is 39.4. The average Bonchev–Trinajstić information content (AvgIpc) is 2.53. The fourth-order valence-corrected chi connectivity index (χ4v) is 2.90. The molecule has 1 amide bonds. The van der Waals surface area contributed by atoms with Crippen molar-refractivity contribution in [3.8, 4) is 0 Å². The van der Waals surface area contributed by atoms with E-state index in [1.54, 1.807) is 42.5 Å². The molecular formula is C16H17FN2O3S. The van der Waals surface area contributed by atoms with Gasteiger partial charge in [0.2, 0.25) is 15.9 Å². The van der Waals surface area contributed by atoms with Crippen LogP contribution in [0.25, 0.3) is 0 Å². The van der Waals surface area contributed by atoms with E-state index in [1.807, 2.05) is 0 Å². The molecule has 2 aromatic carbocycles. The van der Waals surface area contributed by atoms with Gasteiger partial charge >= 0.3 is 0 Å². The minimum Gasteiger partial charge on any atom is -0.325 e. The van der Waals surface area contributed by atoms with Gasteiger partial charge in [0.05, 0.1) is 12.3 Å². The summed E-state index contributed by atoms with van der Waals surface area (Å²) in [6, 6.07) is 14.7. The van der Waals surface area contributed by atoms with Crippen molar-refractivity contribution in [1.82, 2.24) is 4.72 Å². The Morgan fingerprint density at radius 2 is 1.65 bits per heavy atom. The molecule has 2 aromatic rings. The van der Waals surface area contributed by atoms with Gasteiger partial charge in [-0.15, -0.1) is 0 Å². The maximum absolute atomic E-state index is 13.4. The lowest BCUT2D eigenvalue weighted by atomic mass is 10.2. The number of rotatable bonds is 7. The van der Waals surface area contributed by atoms with Gasteiger partial charge in [0.25, 0.3) is 0 Å². The number of carbonyl (C=O) groups is 1. The van der Waals surface area contributed by atoms with E-state index >= 15 is 0 Å².